The minimum absolute atomic E-state index is 0.0143. The fourth-order valence-corrected chi connectivity index (χ4v) is 5.38. The van der Waals surface area contributed by atoms with Crippen LogP contribution in [0, 0.1) is 11.8 Å². The van der Waals surface area contributed by atoms with Crippen LogP contribution in [-0.2, 0) is 10.0 Å². The number of H-pyrrole nitrogens is 1. The third-order valence-corrected chi connectivity index (χ3v) is 7.80. The number of nitrogens with one attached hydrogen (secondary N) is 2. The van der Waals surface area contributed by atoms with Gasteiger partial charge in [-0.05, 0) is 25.2 Å². The number of rotatable bonds is 7. The second-order valence-corrected chi connectivity index (χ2v) is 11.0. The Kier molecular flexibility index (Phi) is 5.88. The molecule has 4 heterocycles. The van der Waals surface area contributed by atoms with Crippen LogP contribution in [0.25, 0.3) is 16.9 Å². The van der Waals surface area contributed by atoms with E-state index in [1.807, 2.05) is 6.92 Å². The highest BCUT2D eigenvalue weighted by Crippen LogP contribution is 2.38. The Balaban J connectivity index is 1.40. The van der Waals surface area contributed by atoms with Crippen LogP contribution in [0.3, 0.4) is 0 Å². The van der Waals surface area contributed by atoms with Crippen molar-refractivity contribution in [2.45, 2.75) is 44.8 Å². The van der Waals surface area contributed by atoms with Crippen molar-refractivity contribution in [2.24, 2.45) is 11.8 Å². The van der Waals surface area contributed by atoms with Gasteiger partial charge in [0.15, 0.2) is 5.65 Å². The van der Waals surface area contributed by atoms with E-state index >= 15 is 0 Å². The summed E-state index contributed by atoms with van der Waals surface area (Å²) in [5, 5.41) is 14.6. The predicted octanol–water partition coefficient (Wildman–Crippen LogP) is 2.02. The molecular weight excluding hydrogens is 470 g/mol. The van der Waals surface area contributed by atoms with Gasteiger partial charge in [-0.2, -0.15) is 14.6 Å². The van der Waals surface area contributed by atoms with E-state index in [1.165, 1.54) is 15.1 Å². The van der Waals surface area contributed by atoms with Gasteiger partial charge in [0.05, 0.1) is 18.6 Å². The first kappa shape index (κ1) is 22.9. The van der Waals surface area contributed by atoms with Gasteiger partial charge in [0.1, 0.15) is 11.8 Å². The molecule has 0 aromatic carbocycles. The van der Waals surface area contributed by atoms with Crippen molar-refractivity contribution >= 4 is 21.6 Å². The molecule has 1 saturated carbocycles. The number of aromatic amines is 1. The molecular formula is C20H26F2N8O3S. The highest BCUT2D eigenvalue weighted by molar-refractivity contribution is 7.88. The van der Waals surface area contributed by atoms with E-state index < -0.39 is 22.4 Å². The van der Waals surface area contributed by atoms with Gasteiger partial charge in [0.2, 0.25) is 28.3 Å². The zero-order valence-corrected chi connectivity index (χ0v) is 19.5. The average Bonchev–Trinajstić information content (AvgIpc) is 3.40. The highest BCUT2D eigenvalue weighted by atomic mass is 32.2. The summed E-state index contributed by atoms with van der Waals surface area (Å²) in [6.07, 6.45) is 4.44. The summed E-state index contributed by atoms with van der Waals surface area (Å²) in [6, 6.07) is -0.0143. The Labute approximate surface area is 195 Å². The summed E-state index contributed by atoms with van der Waals surface area (Å²) in [5.74, 6) is 0.0605. The smallest absolute Gasteiger partial charge is 0.244 e. The lowest BCUT2D eigenvalue weighted by Crippen LogP contribution is -2.47. The molecule has 2 atom stereocenters. The molecule has 3 aromatic rings. The van der Waals surface area contributed by atoms with Crippen molar-refractivity contribution in [3.05, 3.63) is 18.6 Å². The van der Waals surface area contributed by atoms with E-state index in [-0.39, 0.29) is 30.9 Å². The minimum Gasteiger partial charge on any atom is -0.473 e. The summed E-state index contributed by atoms with van der Waals surface area (Å²) >= 11 is 0. The van der Waals surface area contributed by atoms with Crippen LogP contribution in [0.15, 0.2) is 18.6 Å². The molecule has 11 nitrogen and oxygen atoms in total. The van der Waals surface area contributed by atoms with Crippen LogP contribution in [0.1, 0.15) is 26.2 Å². The molecule has 1 saturated heterocycles. The summed E-state index contributed by atoms with van der Waals surface area (Å²) in [4.78, 5) is 8.98. The number of aromatic nitrogens is 6. The number of hydrogen-bond donors (Lipinski definition) is 2. The van der Waals surface area contributed by atoms with Gasteiger partial charge in [-0.1, -0.05) is 6.92 Å². The molecule has 0 unspecified atom stereocenters. The van der Waals surface area contributed by atoms with E-state index in [2.05, 4.69) is 30.6 Å². The number of piperidine rings is 1. The van der Waals surface area contributed by atoms with Crippen molar-refractivity contribution in [1.82, 2.24) is 34.1 Å². The number of ether oxygens (including phenoxy) is 1. The van der Waals surface area contributed by atoms with Crippen molar-refractivity contribution < 1.29 is 21.9 Å². The molecule has 2 fully saturated rings. The van der Waals surface area contributed by atoms with Gasteiger partial charge >= 0.3 is 0 Å². The maximum Gasteiger partial charge on any atom is 0.244 e. The molecule has 0 spiro atoms. The lowest BCUT2D eigenvalue weighted by Gasteiger charge is -2.35. The minimum atomic E-state index is -3.23. The quantitative estimate of drug-likeness (QED) is 0.508. The first-order chi connectivity index (χ1) is 16.2. The second-order valence-electron chi connectivity index (χ2n) is 9.05. The van der Waals surface area contributed by atoms with Gasteiger partial charge in [0, 0.05) is 36.8 Å². The van der Waals surface area contributed by atoms with Crippen LogP contribution in [0.5, 0.6) is 5.88 Å². The highest BCUT2D eigenvalue weighted by Gasteiger charge is 2.38. The van der Waals surface area contributed by atoms with Crippen LogP contribution >= 0.6 is 0 Å². The molecule has 14 heteroatoms. The van der Waals surface area contributed by atoms with Crippen molar-refractivity contribution in [3.63, 3.8) is 0 Å². The molecule has 2 N–H and O–H groups in total. The first-order valence-electron chi connectivity index (χ1n) is 11.1. The fourth-order valence-electron chi connectivity index (χ4n) is 4.44. The molecule has 34 heavy (non-hydrogen) atoms. The molecule has 184 valence electrons. The number of nitrogens with zero attached hydrogens (tertiary/aromatic N) is 6. The Morgan fingerprint density at radius 2 is 2.09 bits per heavy atom. The molecule has 0 amide bonds. The van der Waals surface area contributed by atoms with E-state index in [0.717, 1.165) is 0 Å². The van der Waals surface area contributed by atoms with Crippen molar-refractivity contribution in [2.75, 3.05) is 24.7 Å². The number of anilines is 1. The van der Waals surface area contributed by atoms with Gasteiger partial charge in [-0.3, -0.25) is 5.10 Å². The first-order valence-corrected chi connectivity index (χ1v) is 12.9. The second kappa shape index (κ2) is 8.73. The van der Waals surface area contributed by atoms with Crippen LogP contribution < -0.4 is 10.1 Å². The van der Waals surface area contributed by atoms with Crippen molar-refractivity contribution in [3.8, 4) is 17.1 Å². The van der Waals surface area contributed by atoms with Gasteiger partial charge in [0.25, 0.3) is 0 Å². The third-order valence-electron chi connectivity index (χ3n) is 6.53. The summed E-state index contributed by atoms with van der Waals surface area (Å²) in [7, 11) is -3.23. The Morgan fingerprint density at radius 3 is 2.74 bits per heavy atom. The molecule has 3 aromatic heterocycles. The zero-order valence-electron chi connectivity index (χ0n) is 18.7. The van der Waals surface area contributed by atoms with E-state index in [9.17, 15) is 17.2 Å². The molecule has 0 radical (unpaired) electrons. The van der Waals surface area contributed by atoms with Crippen molar-refractivity contribution in [1.29, 1.82) is 0 Å². The van der Waals surface area contributed by atoms with Crippen LogP contribution in [0.2, 0.25) is 0 Å². The molecule has 1 aliphatic carbocycles. The summed E-state index contributed by atoms with van der Waals surface area (Å²) in [5.41, 5.74) is 1.59. The summed E-state index contributed by atoms with van der Waals surface area (Å²) in [6.45, 7) is 2.81. The largest absolute Gasteiger partial charge is 0.473 e. The zero-order chi connectivity index (χ0) is 24.0. The molecule has 5 rings (SSSR count). The van der Waals surface area contributed by atoms with E-state index in [4.69, 9.17) is 4.74 Å². The van der Waals surface area contributed by atoms with Gasteiger partial charge in [-0.15, -0.1) is 5.10 Å². The molecule has 2 aliphatic rings. The monoisotopic (exact) mass is 496 g/mol. The van der Waals surface area contributed by atoms with Gasteiger partial charge in [-0.25, -0.2) is 26.5 Å². The van der Waals surface area contributed by atoms with E-state index in [0.29, 0.717) is 48.2 Å². The lowest BCUT2D eigenvalue weighted by molar-refractivity contribution is -0.0349. The average molecular weight is 497 g/mol. The Bertz CT molecular complexity index is 1260. The number of alkyl halides is 2. The number of fused-ring (bicyclic) bond motifs is 1. The summed E-state index contributed by atoms with van der Waals surface area (Å²) < 4.78 is 58.7. The third kappa shape index (κ3) is 4.43. The van der Waals surface area contributed by atoms with Gasteiger partial charge < -0.3 is 10.1 Å². The molecule has 0 bridgehead atoms. The standard InChI is InChI=1S/C20H26F2N8O3S/c1-11-10-29(34(2,31)32)4-3-15(11)26-20-27-16-9-23-17(13-7-24-25-8-13)19(30(16)28-20)33-14-5-12(6-14)18(21)22/h7-9,11-12,14-15,18H,3-6,10H2,1-2H3,(H,24,25)(H,26,28)/t11-,12?,14?,15+/m1/s1. The Morgan fingerprint density at radius 1 is 1.29 bits per heavy atom. The normalized spacial score (nSPS) is 26.0. The fraction of sp³-hybridized carbons (Fsp3) is 0.600. The van der Waals surface area contributed by atoms with Crippen LogP contribution in [-0.4, -0.2) is 80.4 Å². The Hall–Kier alpha value is -2.87. The lowest BCUT2D eigenvalue weighted by atomic mass is 9.82. The maximum absolute atomic E-state index is 12.9. The SMILES string of the molecule is C[C@@H]1CN(S(C)(=O)=O)CC[C@@H]1Nc1nc2cnc(-c3cn[nH]c3)c(OC3CC(C(F)F)C3)n2n1. The van der Waals surface area contributed by atoms with Crippen LogP contribution in [0.4, 0.5) is 14.7 Å². The number of hydrogen-bond acceptors (Lipinski definition) is 8. The predicted molar refractivity (Wildman–Crippen MR) is 119 cm³/mol. The van der Waals surface area contributed by atoms with E-state index in [1.54, 1.807) is 18.6 Å². The number of sulfonamides is 1. The number of halogens is 2. The maximum atomic E-state index is 12.9. The topological polar surface area (TPSA) is 130 Å². The molecule has 1 aliphatic heterocycles.